The van der Waals surface area contributed by atoms with Crippen molar-refractivity contribution in [3.05, 3.63) is 161 Å². The van der Waals surface area contributed by atoms with Gasteiger partial charge in [-0.3, -0.25) is 38.4 Å². The van der Waals surface area contributed by atoms with E-state index in [9.17, 15) is 47.9 Å². The maximum Gasteiger partial charge on any atom is 0.408 e. The van der Waals surface area contributed by atoms with Crippen LogP contribution in [0.4, 0.5) is 4.79 Å². The number of carbonyl (C=O) groups is 10. The number of fused-ring (bicyclic) bond motifs is 3. The van der Waals surface area contributed by atoms with E-state index < -0.39 is 101 Å². The summed E-state index contributed by atoms with van der Waals surface area (Å²) in [6, 6.07) is 30.9. The zero-order valence-electron chi connectivity index (χ0n) is 55.1. The molecule has 0 spiro atoms. The van der Waals surface area contributed by atoms with Gasteiger partial charge in [0.25, 0.3) is 17.7 Å². The molecule has 9 N–H and O–H groups in total. The third-order valence-electron chi connectivity index (χ3n) is 14.7. The summed E-state index contributed by atoms with van der Waals surface area (Å²) in [4.78, 5) is 140. The third kappa shape index (κ3) is 21.5. The van der Waals surface area contributed by atoms with Gasteiger partial charge in [-0.15, -0.1) is 0 Å². The summed E-state index contributed by atoms with van der Waals surface area (Å²) >= 11 is 0. The second-order valence-electron chi connectivity index (χ2n) is 25.2. The first-order valence-electron chi connectivity index (χ1n) is 31.1. The highest BCUT2D eigenvalue weighted by Crippen LogP contribution is 2.25. The van der Waals surface area contributed by atoms with Gasteiger partial charge in [0.15, 0.2) is 0 Å². The van der Waals surface area contributed by atoms with Gasteiger partial charge >= 0.3 is 12.1 Å². The summed E-state index contributed by atoms with van der Waals surface area (Å²) in [6.07, 6.45) is 3.88. The lowest BCUT2D eigenvalue weighted by molar-refractivity contribution is -0.145. The topological polar surface area (TPSA) is 297 Å². The molecule has 0 aliphatic rings. The van der Waals surface area contributed by atoms with Crippen molar-refractivity contribution in [1.82, 2.24) is 47.9 Å². The molecule has 0 bridgehead atoms. The zero-order valence-corrected chi connectivity index (χ0v) is 55.1. The lowest BCUT2D eigenvalue weighted by Crippen LogP contribution is -2.55. The van der Waals surface area contributed by atoms with Crippen LogP contribution in [0.25, 0.3) is 50.5 Å². The number of benzene rings is 6. The monoisotopic (exact) mass is 1270 g/mol. The van der Waals surface area contributed by atoms with Crippen LogP contribution >= 0.6 is 0 Å². The van der Waals surface area contributed by atoms with Crippen molar-refractivity contribution in [3.8, 4) is 0 Å². The number of ether oxygens (including phenoxy) is 2. The fourth-order valence-electron chi connectivity index (χ4n) is 10.0. The molecular formula is C72H87N9O12. The van der Waals surface area contributed by atoms with Crippen LogP contribution in [0.2, 0.25) is 0 Å². The van der Waals surface area contributed by atoms with Gasteiger partial charge in [0.05, 0.1) is 7.11 Å². The predicted octanol–water partition coefficient (Wildman–Crippen LogP) is 8.61. The van der Waals surface area contributed by atoms with Crippen LogP contribution in [0.15, 0.2) is 144 Å². The average Bonchev–Trinajstić information content (AvgIpc) is 1.02. The Hall–Kier alpha value is -10.2. The van der Waals surface area contributed by atoms with Crippen LogP contribution in [0.3, 0.4) is 0 Å². The average molecular weight is 1270 g/mol. The first-order chi connectivity index (χ1) is 44.0. The number of methoxy groups -OCH3 is 1. The predicted molar refractivity (Wildman–Crippen MR) is 360 cm³/mol. The summed E-state index contributed by atoms with van der Waals surface area (Å²) in [5, 5.41) is 28.8. The van der Waals surface area contributed by atoms with E-state index in [-0.39, 0.29) is 54.1 Å². The number of esters is 1. The molecule has 6 rings (SSSR count). The Bertz CT molecular complexity index is 3830. The van der Waals surface area contributed by atoms with Crippen molar-refractivity contribution < 1.29 is 57.4 Å². The zero-order chi connectivity index (χ0) is 68.3. The van der Waals surface area contributed by atoms with Crippen molar-refractivity contribution in [2.75, 3.05) is 7.11 Å². The summed E-state index contributed by atoms with van der Waals surface area (Å²) in [6.45, 7) is 20.3. The highest BCUT2D eigenvalue weighted by atomic mass is 16.6. The summed E-state index contributed by atoms with van der Waals surface area (Å²) < 4.78 is 10.3. The van der Waals surface area contributed by atoms with E-state index in [1.807, 2.05) is 133 Å². The molecule has 0 heterocycles. The Morgan fingerprint density at radius 2 is 0.667 bits per heavy atom. The number of amides is 9. The van der Waals surface area contributed by atoms with Gasteiger partial charge < -0.3 is 57.3 Å². The Morgan fingerprint density at radius 1 is 0.376 bits per heavy atom. The van der Waals surface area contributed by atoms with Crippen LogP contribution in [0.5, 0.6) is 0 Å². The smallest absolute Gasteiger partial charge is 0.408 e. The fourth-order valence-corrected chi connectivity index (χ4v) is 10.0. The normalized spacial score (nSPS) is 14.0. The largest absolute Gasteiger partial charge is 0.467 e. The fraction of sp³-hybridized carbons (Fsp3) is 0.361. The van der Waals surface area contributed by atoms with Gasteiger partial charge in [-0.05, 0) is 146 Å². The van der Waals surface area contributed by atoms with E-state index >= 15 is 0 Å². The molecule has 21 heteroatoms. The molecule has 0 saturated heterocycles. The highest BCUT2D eigenvalue weighted by molar-refractivity contribution is 6.09. The lowest BCUT2D eigenvalue weighted by atomic mass is 10.0. The summed E-state index contributed by atoms with van der Waals surface area (Å²) in [5.41, 5.74) is -0.0224. The van der Waals surface area contributed by atoms with Gasteiger partial charge in [0.1, 0.15) is 58.9 Å². The Kier molecular flexibility index (Phi) is 25.7. The first-order valence-corrected chi connectivity index (χ1v) is 31.1. The molecule has 0 radical (unpaired) electrons. The lowest BCUT2D eigenvalue weighted by Gasteiger charge is -2.25. The second kappa shape index (κ2) is 33.2. The van der Waals surface area contributed by atoms with Crippen LogP contribution in [0.1, 0.15) is 119 Å². The Morgan fingerprint density at radius 3 is 0.978 bits per heavy atom. The van der Waals surface area contributed by atoms with Crippen molar-refractivity contribution in [1.29, 1.82) is 0 Å². The van der Waals surface area contributed by atoms with E-state index in [0.717, 1.165) is 26.9 Å². The second-order valence-corrected chi connectivity index (χ2v) is 25.2. The SMILES string of the molecule is COC(=O)[C@H](CC(C)C)NC(=O)/C(=C/c1cccc2ccccc12)NC(=O)[C@H](C)NC(=O)[C@H](CC(C)C)NC(=O)/C(=C/c1cccc2ccccc12)NC(=O)[C@H](C)NC(=O)[C@H](CC(C)C)NC(=O)/C(=C/c1cccc2ccccc12)NC(=O)[C@H](C)NC(=O)OC(C)(C)C. The van der Waals surface area contributed by atoms with Gasteiger partial charge in [0, 0.05) is 0 Å². The molecule has 21 nitrogen and oxygen atoms in total. The first kappa shape index (κ1) is 71.9. The maximum atomic E-state index is 14.8. The molecule has 0 unspecified atom stereocenters. The molecule has 0 aliphatic heterocycles. The molecule has 0 saturated carbocycles. The molecule has 0 aliphatic carbocycles. The molecular weight excluding hydrogens is 1180 g/mol. The highest BCUT2D eigenvalue weighted by Gasteiger charge is 2.33. The van der Waals surface area contributed by atoms with Gasteiger partial charge in [-0.25, -0.2) is 9.59 Å². The number of nitrogens with one attached hydrogen (secondary N) is 9. The van der Waals surface area contributed by atoms with Crippen molar-refractivity contribution in [2.45, 2.75) is 144 Å². The maximum absolute atomic E-state index is 14.8. The molecule has 0 aromatic heterocycles. The number of carbonyl (C=O) groups excluding carboxylic acids is 10. The summed E-state index contributed by atoms with van der Waals surface area (Å²) in [7, 11) is 1.21. The van der Waals surface area contributed by atoms with E-state index in [1.165, 1.54) is 46.1 Å². The van der Waals surface area contributed by atoms with Crippen LogP contribution in [-0.2, 0) is 52.6 Å². The van der Waals surface area contributed by atoms with Gasteiger partial charge in [-0.1, -0.05) is 169 Å². The van der Waals surface area contributed by atoms with Gasteiger partial charge in [0.2, 0.25) is 29.5 Å². The molecule has 6 aromatic carbocycles. The molecule has 9 amide bonds. The molecule has 492 valence electrons. The van der Waals surface area contributed by atoms with Crippen LogP contribution < -0.4 is 47.9 Å². The minimum atomic E-state index is -1.37. The van der Waals surface area contributed by atoms with E-state index in [4.69, 9.17) is 9.47 Å². The number of rotatable bonds is 27. The van der Waals surface area contributed by atoms with E-state index in [2.05, 4.69) is 47.9 Å². The van der Waals surface area contributed by atoms with E-state index in [0.29, 0.717) is 22.1 Å². The van der Waals surface area contributed by atoms with Crippen molar-refractivity contribution in [3.63, 3.8) is 0 Å². The Balaban J connectivity index is 1.24. The molecule has 0 fully saturated rings. The number of hydrogen-bond donors (Lipinski definition) is 9. The Labute approximate surface area is 543 Å². The molecule has 6 aromatic rings. The number of alkyl carbamates (subject to hydrolysis) is 1. The third-order valence-corrected chi connectivity index (χ3v) is 14.7. The standard InChI is InChI=1S/C72H87N9O12/c1-41(2)35-56(65(85)74-45(8)63(83)77-60(69(89)81-61(37-43(5)6)70(90)92-13)40-52-31-22-28-49-25-16-19-34-55(49)52)79-67(87)58(38-50-29-20-26-47-23-14-17-32-53(47)50)76-62(82)44(7)73-66(86)57(36-42(3)4)80-68(88)59(39-51-30-21-27-48-24-15-18-33-54(48)51)78-64(84)46(9)75-71(91)93-72(10,11)12/h14-34,38-46,56-57,61H,35-37H2,1-13H3,(H,73,86)(H,74,85)(H,75,91)(H,76,82)(H,77,83)(H,78,84)(H,79,87)(H,80,88)(H,81,89)/b58-38-,59-39-,60-40-/t44-,45-,46-,56-,57-,61-/m0/s1. The van der Waals surface area contributed by atoms with Gasteiger partial charge in [-0.2, -0.15) is 0 Å². The minimum absolute atomic E-state index is 0.0255. The van der Waals surface area contributed by atoms with Crippen LogP contribution in [0, 0.1) is 17.8 Å². The summed E-state index contributed by atoms with van der Waals surface area (Å²) in [5.74, 6) is -7.65. The number of hydrogen-bond acceptors (Lipinski definition) is 12. The molecule has 93 heavy (non-hydrogen) atoms. The van der Waals surface area contributed by atoms with Crippen LogP contribution in [-0.4, -0.2) is 108 Å². The van der Waals surface area contributed by atoms with Crippen molar-refractivity contribution in [2.24, 2.45) is 17.8 Å². The van der Waals surface area contributed by atoms with E-state index in [1.54, 1.807) is 57.2 Å². The minimum Gasteiger partial charge on any atom is -0.467 e. The molecule has 6 atom stereocenters. The quantitative estimate of drug-likeness (QED) is 0.0173. The van der Waals surface area contributed by atoms with Crippen molar-refractivity contribution >= 4 is 110 Å².